The van der Waals surface area contributed by atoms with Crippen LogP contribution in [-0.2, 0) is 7.05 Å². The minimum Gasteiger partial charge on any atom is -0.383 e. The highest BCUT2D eigenvalue weighted by atomic mass is 79.9. The van der Waals surface area contributed by atoms with E-state index in [2.05, 4.69) is 27.1 Å². The fraction of sp³-hybridized carbons (Fsp3) is 0.0909. The van der Waals surface area contributed by atoms with Gasteiger partial charge in [-0.3, -0.25) is 4.68 Å². The Hall–Kier alpha value is -1.80. The van der Waals surface area contributed by atoms with Crippen LogP contribution in [-0.4, -0.2) is 9.78 Å². The van der Waals surface area contributed by atoms with Gasteiger partial charge in [0, 0.05) is 17.1 Å². The van der Waals surface area contributed by atoms with E-state index in [0.717, 1.165) is 10.0 Å². The van der Waals surface area contributed by atoms with Gasteiger partial charge in [0.1, 0.15) is 23.1 Å². The molecule has 0 aliphatic rings. The van der Waals surface area contributed by atoms with Gasteiger partial charge in [0.2, 0.25) is 0 Å². The van der Waals surface area contributed by atoms with Crippen LogP contribution in [0.3, 0.4) is 0 Å². The molecule has 0 fully saturated rings. The fourth-order valence-corrected chi connectivity index (χ4v) is 1.88. The molecule has 0 atom stereocenters. The first-order valence-corrected chi connectivity index (χ1v) is 5.41. The Bertz CT molecular complexity index is 580. The van der Waals surface area contributed by atoms with Crippen LogP contribution in [0.4, 0.5) is 5.82 Å². The lowest BCUT2D eigenvalue weighted by atomic mass is 10.1. The number of hydrogen-bond donors (Lipinski definition) is 1. The Labute approximate surface area is 101 Å². The van der Waals surface area contributed by atoms with Crippen molar-refractivity contribution in [1.82, 2.24) is 9.78 Å². The number of benzene rings is 1. The van der Waals surface area contributed by atoms with Gasteiger partial charge in [-0.1, -0.05) is 28.1 Å². The molecule has 0 aliphatic heterocycles. The molecular formula is C11H9BrN4. The molecule has 2 rings (SSSR count). The molecule has 1 aromatic carbocycles. The number of hydrogen-bond acceptors (Lipinski definition) is 3. The monoisotopic (exact) mass is 276 g/mol. The molecule has 0 spiro atoms. The molecule has 1 heterocycles. The van der Waals surface area contributed by atoms with Gasteiger partial charge in [0.15, 0.2) is 0 Å². The number of rotatable bonds is 1. The molecular weight excluding hydrogens is 268 g/mol. The maximum absolute atomic E-state index is 9.05. The molecule has 0 saturated heterocycles. The smallest absolute Gasteiger partial charge is 0.140 e. The predicted octanol–water partition coefficient (Wildman–Crippen LogP) is 2.30. The lowest BCUT2D eigenvalue weighted by Crippen LogP contribution is -1.97. The van der Waals surface area contributed by atoms with E-state index >= 15 is 0 Å². The minimum absolute atomic E-state index is 0.387. The van der Waals surface area contributed by atoms with E-state index < -0.39 is 0 Å². The van der Waals surface area contributed by atoms with E-state index in [1.54, 1.807) is 7.05 Å². The van der Waals surface area contributed by atoms with Gasteiger partial charge in [-0.15, -0.1) is 0 Å². The summed E-state index contributed by atoms with van der Waals surface area (Å²) >= 11 is 3.38. The second-order valence-electron chi connectivity index (χ2n) is 3.35. The Morgan fingerprint density at radius 1 is 1.50 bits per heavy atom. The second kappa shape index (κ2) is 3.99. The van der Waals surface area contributed by atoms with Gasteiger partial charge in [-0.05, 0) is 12.1 Å². The summed E-state index contributed by atoms with van der Waals surface area (Å²) in [6, 6.07) is 9.69. The van der Waals surface area contributed by atoms with Gasteiger partial charge in [0.05, 0.1) is 0 Å². The van der Waals surface area contributed by atoms with Gasteiger partial charge >= 0.3 is 0 Å². The van der Waals surface area contributed by atoms with Crippen LogP contribution >= 0.6 is 15.9 Å². The van der Waals surface area contributed by atoms with Gasteiger partial charge in [-0.25, -0.2) is 0 Å². The Morgan fingerprint density at radius 3 is 2.88 bits per heavy atom. The van der Waals surface area contributed by atoms with Crippen molar-refractivity contribution in [1.29, 1.82) is 5.26 Å². The third-order valence-corrected chi connectivity index (χ3v) is 2.79. The van der Waals surface area contributed by atoms with Crippen LogP contribution in [0.2, 0.25) is 0 Å². The maximum atomic E-state index is 9.05. The number of nitrogens with two attached hydrogens (primary N) is 1. The average Bonchev–Trinajstić information content (AvgIpc) is 2.55. The van der Waals surface area contributed by atoms with Crippen LogP contribution < -0.4 is 5.73 Å². The molecule has 0 radical (unpaired) electrons. The van der Waals surface area contributed by atoms with Crippen LogP contribution in [0.25, 0.3) is 11.3 Å². The number of aromatic nitrogens is 2. The fourth-order valence-electron chi connectivity index (χ4n) is 1.49. The highest BCUT2D eigenvalue weighted by Gasteiger charge is 2.14. The number of aryl methyl sites for hydroxylation is 1. The molecule has 5 heteroatoms. The quantitative estimate of drug-likeness (QED) is 0.869. The molecule has 0 amide bonds. The first-order valence-electron chi connectivity index (χ1n) is 4.62. The summed E-state index contributed by atoms with van der Waals surface area (Å²) in [7, 11) is 1.72. The Morgan fingerprint density at radius 2 is 2.25 bits per heavy atom. The van der Waals surface area contributed by atoms with Gasteiger partial charge < -0.3 is 5.73 Å². The zero-order chi connectivity index (χ0) is 11.7. The highest BCUT2D eigenvalue weighted by Crippen LogP contribution is 2.27. The van der Waals surface area contributed by atoms with Crippen LogP contribution in [0, 0.1) is 11.3 Å². The predicted molar refractivity (Wildman–Crippen MR) is 65.5 cm³/mol. The van der Waals surface area contributed by atoms with Crippen molar-refractivity contribution < 1.29 is 0 Å². The number of nitrogen functional groups attached to an aromatic ring is 1. The lowest BCUT2D eigenvalue weighted by molar-refractivity contribution is 0.782. The zero-order valence-corrected chi connectivity index (χ0v) is 10.2. The van der Waals surface area contributed by atoms with Crippen molar-refractivity contribution in [2.45, 2.75) is 0 Å². The third kappa shape index (κ3) is 1.68. The normalized spacial score (nSPS) is 10.1. The topological polar surface area (TPSA) is 67.6 Å². The van der Waals surface area contributed by atoms with Gasteiger partial charge in [0.25, 0.3) is 0 Å². The van der Waals surface area contributed by atoms with E-state index in [1.807, 2.05) is 24.3 Å². The summed E-state index contributed by atoms with van der Waals surface area (Å²) in [4.78, 5) is 0. The molecule has 1 aromatic heterocycles. The first kappa shape index (κ1) is 10.7. The van der Waals surface area contributed by atoms with Crippen molar-refractivity contribution in [3.05, 3.63) is 34.3 Å². The van der Waals surface area contributed by atoms with Crippen molar-refractivity contribution in [2.75, 3.05) is 5.73 Å². The molecule has 2 N–H and O–H groups in total. The average molecular weight is 277 g/mol. The number of anilines is 1. The van der Waals surface area contributed by atoms with E-state index in [4.69, 9.17) is 11.0 Å². The third-order valence-electron chi connectivity index (χ3n) is 2.30. The van der Waals surface area contributed by atoms with Crippen LogP contribution in [0.5, 0.6) is 0 Å². The first-order chi connectivity index (χ1) is 7.63. The molecule has 0 aliphatic carbocycles. The summed E-state index contributed by atoms with van der Waals surface area (Å²) in [6.07, 6.45) is 0. The molecule has 0 saturated carbocycles. The number of nitrogens with zero attached hydrogens (tertiary/aromatic N) is 3. The molecule has 4 nitrogen and oxygen atoms in total. The van der Waals surface area contributed by atoms with Gasteiger partial charge in [-0.2, -0.15) is 10.4 Å². The van der Waals surface area contributed by atoms with E-state index in [0.29, 0.717) is 17.1 Å². The molecule has 80 valence electrons. The van der Waals surface area contributed by atoms with Crippen molar-refractivity contribution >= 4 is 21.7 Å². The largest absolute Gasteiger partial charge is 0.383 e. The van der Waals surface area contributed by atoms with E-state index in [-0.39, 0.29) is 0 Å². The maximum Gasteiger partial charge on any atom is 0.140 e. The standard InChI is InChI=1S/C11H9BrN4/c1-16-11(14)9(6-13)10(15-16)7-3-2-4-8(12)5-7/h2-5H,14H2,1H3. The molecule has 0 unspecified atom stereocenters. The number of nitriles is 1. The summed E-state index contributed by atoms with van der Waals surface area (Å²) < 4.78 is 2.45. The van der Waals surface area contributed by atoms with Crippen molar-refractivity contribution in [3.63, 3.8) is 0 Å². The highest BCUT2D eigenvalue weighted by molar-refractivity contribution is 9.10. The van der Waals surface area contributed by atoms with Crippen molar-refractivity contribution in [3.8, 4) is 17.3 Å². The summed E-state index contributed by atoms with van der Waals surface area (Å²) in [6.45, 7) is 0. The van der Waals surface area contributed by atoms with Crippen LogP contribution in [0.15, 0.2) is 28.7 Å². The summed E-state index contributed by atoms with van der Waals surface area (Å²) in [5, 5.41) is 13.3. The van der Waals surface area contributed by atoms with E-state index in [9.17, 15) is 0 Å². The lowest BCUT2D eigenvalue weighted by Gasteiger charge is -1.97. The summed E-state index contributed by atoms with van der Waals surface area (Å²) in [5.74, 6) is 0.387. The Balaban J connectivity index is 2.66. The molecule has 16 heavy (non-hydrogen) atoms. The Kier molecular flexibility index (Phi) is 2.67. The molecule has 0 bridgehead atoms. The van der Waals surface area contributed by atoms with Crippen molar-refractivity contribution in [2.24, 2.45) is 7.05 Å². The summed E-state index contributed by atoms with van der Waals surface area (Å²) in [5.41, 5.74) is 7.66. The second-order valence-corrected chi connectivity index (χ2v) is 4.27. The number of halogens is 1. The minimum atomic E-state index is 0.387. The SMILES string of the molecule is Cn1nc(-c2cccc(Br)c2)c(C#N)c1N. The van der Waals surface area contributed by atoms with Crippen LogP contribution in [0.1, 0.15) is 5.56 Å². The zero-order valence-electron chi connectivity index (χ0n) is 8.61. The molecule has 2 aromatic rings. The van der Waals surface area contributed by atoms with E-state index in [1.165, 1.54) is 4.68 Å².